The molecule has 2 rings (SSSR count). The van der Waals surface area contributed by atoms with Gasteiger partial charge in [0, 0.05) is 0 Å². The summed E-state index contributed by atoms with van der Waals surface area (Å²) >= 11 is 0. The molecule has 134 valence electrons. The summed E-state index contributed by atoms with van der Waals surface area (Å²) in [4.78, 5) is 0. The van der Waals surface area contributed by atoms with Crippen LogP contribution in [0.3, 0.4) is 0 Å². The molecule has 1 fully saturated rings. The fourth-order valence-electron chi connectivity index (χ4n) is 3.22. The van der Waals surface area contributed by atoms with Crippen molar-refractivity contribution in [2.24, 2.45) is 11.8 Å². The maximum atomic E-state index is 5.67. The van der Waals surface area contributed by atoms with E-state index < -0.39 is 0 Å². The third-order valence-corrected chi connectivity index (χ3v) is 5.01. The zero-order valence-electron chi connectivity index (χ0n) is 15.8. The molecule has 0 atom stereocenters. The van der Waals surface area contributed by atoms with Crippen molar-refractivity contribution in [3.63, 3.8) is 0 Å². The molecule has 0 amide bonds. The number of hydrogen-bond acceptors (Lipinski definition) is 1. The van der Waals surface area contributed by atoms with Crippen molar-refractivity contribution in [2.75, 3.05) is 6.61 Å². The van der Waals surface area contributed by atoms with Crippen LogP contribution in [-0.4, -0.2) is 6.61 Å². The minimum Gasteiger partial charge on any atom is -0.494 e. The lowest BCUT2D eigenvalue weighted by Crippen LogP contribution is -2.11. The second-order valence-corrected chi connectivity index (χ2v) is 6.94. The second kappa shape index (κ2) is 11.6. The fraction of sp³-hybridized carbons (Fsp3) is 0.500. The SMILES string of the molecule is CCCCOc1ccc(C=CC#CC=C[C@H]2CC[C@H](CC)CC2)cc1. The molecule has 1 aliphatic rings. The summed E-state index contributed by atoms with van der Waals surface area (Å²) in [6.45, 7) is 5.28. The lowest BCUT2D eigenvalue weighted by Gasteiger charge is -2.25. The van der Waals surface area contributed by atoms with Crippen LogP contribution >= 0.6 is 0 Å². The topological polar surface area (TPSA) is 9.23 Å². The molecule has 1 aromatic carbocycles. The maximum absolute atomic E-state index is 5.67. The highest BCUT2D eigenvalue weighted by atomic mass is 16.5. The molecule has 1 nitrogen and oxygen atoms in total. The van der Waals surface area contributed by atoms with E-state index >= 15 is 0 Å². The van der Waals surface area contributed by atoms with Crippen LogP contribution in [0.15, 0.2) is 42.5 Å². The summed E-state index contributed by atoms with van der Waals surface area (Å²) in [5, 5.41) is 0. The standard InChI is InChI=1S/C24H32O/c1-3-5-20-25-24-18-16-23(17-19-24)11-9-7-6-8-10-22-14-12-21(4-2)13-15-22/h8-11,16-19,21-22H,3-5,12-15,20H2,1-2H3/t21-,22-. The highest BCUT2D eigenvalue weighted by Gasteiger charge is 2.17. The Morgan fingerprint density at radius 3 is 2.40 bits per heavy atom. The van der Waals surface area contributed by atoms with Crippen LogP contribution < -0.4 is 4.74 Å². The number of unbranched alkanes of at least 4 members (excludes halogenated alkanes) is 1. The van der Waals surface area contributed by atoms with Gasteiger partial charge in [-0.3, -0.25) is 0 Å². The van der Waals surface area contributed by atoms with Crippen molar-refractivity contribution in [1.29, 1.82) is 0 Å². The van der Waals surface area contributed by atoms with E-state index in [9.17, 15) is 0 Å². The van der Waals surface area contributed by atoms with Gasteiger partial charge in [-0.15, -0.1) is 0 Å². The summed E-state index contributed by atoms with van der Waals surface area (Å²) in [7, 11) is 0. The highest BCUT2D eigenvalue weighted by molar-refractivity contribution is 5.54. The summed E-state index contributed by atoms with van der Waals surface area (Å²) in [6, 6.07) is 8.19. The van der Waals surface area contributed by atoms with Gasteiger partial charge in [-0.05, 0) is 79.9 Å². The summed E-state index contributed by atoms with van der Waals surface area (Å²) < 4.78 is 5.67. The van der Waals surface area contributed by atoms with Crippen LogP contribution in [0.25, 0.3) is 6.08 Å². The molecule has 1 heteroatoms. The number of allylic oxidation sites excluding steroid dienone is 3. The first kappa shape index (κ1) is 19.4. The van der Waals surface area contributed by atoms with Crippen molar-refractivity contribution in [3.8, 4) is 17.6 Å². The highest BCUT2D eigenvalue weighted by Crippen LogP contribution is 2.31. The van der Waals surface area contributed by atoms with Crippen LogP contribution in [0.5, 0.6) is 5.75 Å². The minimum absolute atomic E-state index is 0.737. The molecule has 0 bridgehead atoms. The molecular weight excluding hydrogens is 304 g/mol. The Kier molecular flexibility index (Phi) is 8.98. The first-order valence-electron chi connectivity index (χ1n) is 9.89. The summed E-state index contributed by atoms with van der Waals surface area (Å²) in [6.07, 6.45) is 17.3. The Hall–Kier alpha value is -1.94. The Morgan fingerprint density at radius 1 is 1.00 bits per heavy atom. The van der Waals surface area contributed by atoms with E-state index in [1.807, 2.05) is 30.4 Å². The van der Waals surface area contributed by atoms with E-state index in [2.05, 4.69) is 43.9 Å². The average Bonchev–Trinajstić information content (AvgIpc) is 2.66. The van der Waals surface area contributed by atoms with Gasteiger partial charge in [-0.25, -0.2) is 0 Å². The fourth-order valence-corrected chi connectivity index (χ4v) is 3.22. The van der Waals surface area contributed by atoms with E-state index in [0.29, 0.717) is 0 Å². The minimum atomic E-state index is 0.737. The molecule has 1 aliphatic carbocycles. The maximum Gasteiger partial charge on any atom is 0.119 e. The zero-order chi connectivity index (χ0) is 17.7. The van der Waals surface area contributed by atoms with Gasteiger partial charge in [0.05, 0.1) is 6.61 Å². The van der Waals surface area contributed by atoms with E-state index in [0.717, 1.165) is 42.6 Å². The molecule has 0 N–H and O–H groups in total. The normalized spacial score (nSPS) is 20.6. The molecule has 0 aliphatic heterocycles. The zero-order valence-corrected chi connectivity index (χ0v) is 15.8. The molecule has 25 heavy (non-hydrogen) atoms. The molecule has 1 aromatic rings. The van der Waals surface area contributed by atoms with Crippen LogP contribution in [0.2, 0.25) is 0 Å². The molecular formula is C24H32O. The van der Waals surface area contributed by atoms with Gasteiger partial charge in [-0.1, -0.05) is 56.7 Å². The number of hydrogen-bond donors (Lipinski definition) is 0. The van der Waals surface area contributed by atoms with Gasteiger partial charge < -0.3 is 4.74 Å². The van der Waals surface area contributed by atoms with Crippen LogP contribution in [-0.2, 0) is 0 Å². The van der Waals surface area contributed by atoms with E-state index in [-0.39, 0.29) is 0 Å². The van der Waals surface area contributed by atoms with Crippen molar-refractivity contribution >= 4 is 6.08 Å². The third-order valence-electron chi connectivity index (χ3n) is 5.01. The van der Waals surface area contributed by atoms with Gasteiger partial charge in [0.1, 0.15) is 5.75 Å². The summed E-state index contributed by atoms with van der Waals surface area (Å²) in [5.74, 6) is 8.87. The Bertz CT molecular complexity index is 589. The Morgan fingerprint density at radius 2 is 1.72 bits per heavy atom. The molecule has 0 unspecified atom stereocenters. The third kappa shape index (κ3) is 7.65. The number of rotatable bonds is 7. The monoisotopic (exact) mass is 336 g/mol. The molecule has 0 aromatic heterocycles. The molecule has 0 saturated heterocycles. The van der Waals surface area contributed by atoms with E-state index in [4.69, 9.17) is 4.74 Å². The molecule has 1 saturated carbocycles. The van der Waals surface area contributed by atoms with Crippen LogP contribution in [0, 0.1) is 23.7 Å². The average molecular weight is 337 g/mol. The van der Waals surface area contributed by atoms with Gasteiger partial charge in [0.25, 0.3) is 0 Å². The number of ether oxygens (including phenoxy) is 1. The van der Waals surface area contributed by atoms with Gasteiger partial charge in [-0.2, -0.15) is 0 Å². The van der Waals surface area contributed by atoms with Gasteiger partial charge in [0.2, 0.25) is 0 Å². The number of benzene rings is 1. The van der Waals surface area contributed by atoms with Crippen molar-refractivity contribution in [1.82, 2.24) is 0 Å². The summed E-state index contributed by atoms with van der Waals surface area (Å²) in [5.41, 5.74) is 1.15. The Balaban J connectivity index is 1.72. The van der Waals surface area contributed by atoms with Crippen LogP contribution in [0.1, 0.15) is 64.4 Å². The molecule has 0 radical (unpaired) electrons. The van der Waals surface area contributed by atoms with E-state index in [1.54, 1.807) is 0 Å². The Labute approximate surface area is 154 Å². The van der Waals surface area contributed by atoms with Gasteiger partial charge >= 0.3 is 0 Å². The largest absolute Gasteiger partial charge is 0.494 e. The lowest BCUT2D eigenvalue weighted by molar-refractivity contribution is 0.304. The van der Waals surface area contributed by atoms with Crippen molar-refractivity contribution in [3.05, 3.63) is 48.1 Å². The van der Waals surface area contributed by atoms with Crippen molar-refractivity contribution in [2.45, 2.75) is 58.8 Å². The molecule has 0 heterocycles. The predicted molar refractivity (Wildman–Crippen MR) is 109 cm³/mol. The predicted octanol–water partition coefficient (Wildman–Crippen LogP) is 6.65. The smallest absolute Gasteiger partial charge is 0.119 e. The van der Waals surface area contributed by atoms with Gasteiger partial charge in [0.15, 0.2) is 0 Å². The van der Waals surface area contributed by atoms with Crippen LogP contribution in [0.4, 0.5) is 0 Å². The van der Waals surface area contributed by atoms with Crippen molar-refractivity contribution < 1.29 is 4.74 Å². The quantitative estimate of drug-likeness (QED) is 0.400. The lowest BCUT2D eigenvalue weighted by atomic mass is 9.81. The first-order valence-corrected chi connectivity index (χ1v) is 9.89. The first-order chi connectivity index (χ1) is 12.3. The van der Waals surface area contributed by atoms with E-state index in [1.165, 1.54) is 32.1 Å². The second-order valence-electron chi connectivity index (χ2n) is 6.94. The molecule has 0 spiro atoms.